The Morgan fingerprint density at radius 2 is 2.00 bits per heavy atom. The molecule has 3 heterocycles. The molecule has 0 spiro atoms. The molecule has 9 heteroatoms. The monoisotopic (exact) mass is 348 g/mol. The number of primary amides is 1. The van der Waals surface area contributed by atoms with E-state index < -0.39 is 17.2 Å². The molecule has 1 amide bonds. The average molecular weight is 348 g/mol. The molecule has 0 unspecified atom stereocenters. The molecule has 2 aromatic rings. The Labute approximate surface area is 144 Å². The van der Waals surface area contributed by atoms with E-state index >= 15 is 0 Å². The van der Waals surface area contributed by atoms with Gasteiger partial charge in [0.1, 0.15) is 12.4 Å². The van der Waals surface area contributed by atoms with Crippen LogP contribution < -0.4 is 17.0 Å². The summed E-state index contributed by atoms with van der Waals surface area (Å²) in [5.41, 5.74) is 4.99. The van der Waals surface area contributed by atoms with Crippen LogP contribution in [0.1, 0.15) is 25.6 Å². The third-order valence-electron chi connectivity index (χ3n) is 4.85. The number of hydrogen-bond acceptors (Lipinski definition) is 5. The van der Waals surface area contributed by atoms with Crippen LogP contribution >= 0.6 is 0 Å². The zero-order valence-electron chi connectivity index (χ0n) is 14.9. The van der Waals surface area contributed by atoms with Gasteiger partial charge in [0.15, 0.2) is 11.2 Å². The van der Waals surface area contributed by atoms with Gasteiger partial charge in [-0.15, -0.1) is 0 Å². The number of aromatic nitrogens is 4. The highest BCUT2D eigenvalue weighted by Gasteiger charge is 2.23. The molecule has 0 bridgehead atoms. The highest BCUT2D eigenvalue weighted by atomic mass is 16.2. The smallest absolute Gasteiger partial charge is 0.332 e. The lowest BCUT2D eigenvalue weighted by atomic mass is 10.0. The number of hydrogen-bond donors (Lipinski definition) is 1. The van der Waals surface area contributed by atoms with Gasteiger partial charge in [0.2, 0.25) is 5.91 Å². The van der Waals surface area contributed by atoms with E-state index in [2.05, 4.69) is 16.8 Å². The van der Waals surface area contributed by atoms with Gasteiger partial charge in [-0.25, -0.2) is 9.78 Å². The first-order valence-electron chi connectivity index (χ1n) is 8.45. The van der Waals surface area contributed by atoms with Crippen LogP contribution in [0.3, 0.4) is 0 Å². The number of aryl methyl sites for hydroxylation is 1. The Morgan fingerprint density at radius 1 is 1.28 bits per heavy atom. The molecule has 9 nitrogen and oxygen atoms in total. The van der Waals surface area contributed by atoms with Crippen LogP contribution in [-0.4, -0.2) is 42.6 Å². The zero-order chi connectivity index (χ0) is 18.3. The lowest BCUT2D eigenvalue weighted by Crippen LogP contribution is -2.38. The molecule has 0 saturated carbocycles. The van der Waals surface area contributed by atoms with Gasteiger partial charge in [-0.3, -0.25) is 23.6 Å². The lowest BCUT2D eigenvalue weighted by molar-refractivity contribution is -0.118. The maximum absolute atomic E-state index is 12.6. The highest BCUT2D eigenvalue weighted by Crippen LogP contribution is 2.19. The first kappa shape index (κ1) is 17.4. The van der Waals surface area contributed by atoms with Gasteiger partial charge in [-0.05, 0) is 25.3 Å². The molecule has 1 aliphatic rings. The Kier molecular flexibility index (Phi) is 4.51. The number of rotatable bonds is 4. The van der Waals surface area contributed by atoms with Gasteiger partial charge >= 0.3 is 5.69 Å². The van der Waals surface area contributed by atoms with E-state index in [4.69, 9.17) is 5.73 Å². The molecule has 1 aliphatic heterocycles. The van der Waals surface area contributed by atoms with Gasteiger partial charge in [0.25, 0.3) is 5.56 Å². The van der Waals surface area contributed by atoms with Crippen LogP contribution in [0.2, 0.25) is 0 Å². The Bertz CT molecular complexity index is 938. The third-order valence-corrected chi connectivity index (χ3v) is 4.85. The molecule has 0 radical (unpaired) electrons. The largest absolute Gasteiger partial charge is 0.368 e. The fourth-order valence-corrected chi connectivity index (χ4v) is 3.57. The van der Waals surface area contributed by atoms with E-state index in [0.717, 1.165) is 24.1 Å². The summed E-state index contributed by atoms with van der Waals surface area (Å²) in [6.45, 7) is 4.47. The van der Waals surface area contributed by atoms with E-state index in [0.29, 0.717) is 18.3 Å². The molecule has 1 fully saturated rings. The summed E-state index contributed by atoms with van der Waals surface area (Å²) in [7, 11) is 2.98. The number of piperidine rings is 1. The minimum Gasteiger partial charge on any atom is -0.368 e. The minimum atomic E-state index is -0.552. The van der Waals surface area contributed by atoms with Crippen LogP contribution in [0.5, 0.6) is 0 Å². The third kappa shape index (κ3) is 3.11. The average Bonchev–Trinajstić information content (AvgIpc) is 2.89. The molecular formula is C16H24N6O3. The van der Waals surface area contributed by atoms with Crippen LogP contribution in [0.25, 0.3) is 11.2 Å². The van der Waals surface area contributed by atoms with Gasteiger partial charge in [-0.2, -0.15) is 0 Å². The van der Waals surface area contributed by atoms with Crippen LogP contribution in [0.4, 0.5) is 0 Å². The number of imidazole rings is 1. The van der Waals surface area contributed by atoms with E-state index in [1.807, 2.05) is 0 Å². The molecular weight excluding hydrogens is 324 g/mol. The molecule has 25 heavy (non-hydrogen) atoms. The Balaban J connectivity index is 2.15. The van der Waals surface area contributed by atoms with Crippen molar-refractivity contribution in [2.75, 3.05) is 13.1 Å². The van der Waals surface area contributed by atoms with Crippen molar-refractivity contribution < 1.29 is 4.79 Å². The van der Waals surface area contributed by atoms with Crippen LogP contribution in [0.15, 0.2) is 9.59 Å². The van der Waals surface area contributed by atoms with E-state index in [-0.39, 0.29) is 17.7 Å². The SMILES string of the molecule is C[C@H]1CCCN(Cc2nc3c(c(=O)n(C)c(=O)n3C)n2CC(N)=O)C1. The van der Waals surface area contributed by atoms with Gasteiger partial charge in [-0.1, -0.05) is 6.92 Å². The first-order chi connectivity index (χ1) is 11.8. The maximum Gasteiger partial charge on any atom is 0.332 e. The summed E-state index contributed by atoms with van der Waals surface area (Å²) >= 11 is 0. The van der Waals surface area contributed by atoms with Gasteiger partial charge in [0.05, 0.1) is 6.54 Å². The van der Waals surface area contributed by atoms with Crippen molar-refractivity contribution in [3.8, 4) is 0 Å². The second-order valence-corrected chi connectivity index (χ2v) is 6.94. The van der Waals surface area contributed by atoms with Crippen LogP contribution in [-0.2, 0) is 32.0 Å². The Hall–Kier alpha value is -2.42. The number of nitrogens with two attached hydrogens (primary N) is 1. The summed E-state index contributed by atoms with van der Waals surface area (Å²) in [6, 6.07) is 0. The summed E-state index contributed by atoms with van der Waals surface area (Å²) in [5, 5.41) is 0. The van der Waals surface area contributed by atoms with Crippen molar-refractivity contribution in [2.24, 2.45) is 25.7 Å². The summed E-state index contributed by atoms with van der Waals surface area (Å²) in [6.07, 6.45) is 2.31. The predicted molar refractivity (Wildman–Crippen MR) is 93.1 cm³/mol. The molecule has 1 atom stereocenters. The number of amides is 1. The van der Waals surface area contributed by atoms with Crippen molar-refractivity contribution in [3.05, 3.63) is 26.7 Å². The van der Waals surface area contributed by atoms with Crippen molar-refractivity contribution in [1.82, 2.24) is 23.6 Å². The zero-order valence-corrected chi connectivity index (χ0v) is 14.9. The number of carbonyl (C=O) groups excluding carboxylic acids is 1. The number of carbonyl (C=O) groups is 1. The van der Waals surface area contributed by atoms with Crippen molar-refractivity contribution in [3.63, 3.8) is 0 Å². The quantitative estimate of drug-likeness (QED) is 0.774. The van der Waals surface area contributed by atoms with Crippen molar-refractivity contribution in [2.45, 2.75) is 32.9 Å². The molecule has 3 rings (SSSR count). The fraction of sp³-hybridized carbons (Fsp3) is 0.625. The van der Waals surface area contributed by atoms with Gasteiger partial charge in [0, 0.05) is 20.6 Å². The standard InChI is InChI=1S/C16H24N6O3/c1-10-5-4-6-21(7-10)9-12-18-14-13(22(12)8-11(17)23)15(24)20(3)16(25)19(14)2/h10H,4-9H2,1-3H3,(H2,17,23)/t10-/m0/s1. The second-order valence-electron chi connectivity index (χ2n) is 6.94. The summed E-state index contributed by atoms with van der Waals surface area (Å²) in [5.74, 6) is 0.629. The first-order valence-corrected chi connectivity index (χ1v) is 8.45. The molecule has 0 aromatic carbocycles. The lowest BCUT2D eigenvalue weighted by Gasteiger charge is -2.30. The molecule has 136 valence electrons. The summed E-state index contributed by atoms with van der Waals surface area (Å²) < 4.78 is 3.91. The fourth-order valence-electron chi connectivity index (χ4n) is 3.57. The van der Waals surface area contributed by atoms with E-state index in [1.54, 1.807) is 11.6 Å². The Morgan fingerprint density at radius 3 is 2.64 bits per heavy atom. The molecule has 0 aliphatic carbocycles. The number of nitrogens with zero attached hydrogens (tertiary/aromatic N) is 5. The molecule has 2 aromatic heterocycles. The second kappa shape index (κ2) is 6.47. The highest BCUT2D eigenvalue weighted by molar-refractivity contribution is 5.78. The summed E-state index contributed by atoms with van der Waals surface area (Å²) in [4.78, 5) is 43.0. The number of likely N-dealkylation sites (tertiary alicyclic amines) is 1. The van der Waals surface area contributed by atoms with Crippen LogP contribution in [0, 0.1) is 5.92 Å². The van der Waals surface area contributed by atoms with E-state index in [9.17, 15) is 14.4 Å². The van der Waals surface area contributed by atoms with Crippen molar-refractivity contribution in [1.29, 1.82) is 0 Å². The normalized spacial score (nSPS) is 18.8. The maximum atomic E-state index is 12.6. The van der Waals surface area contributed by atoms with E-state index in [1.165, 1.54) is 18.0 Å². The number of fused-ring (bicyclic) bond motifs is 1. The van der Waals surface area contributed by atoms with Crippen molar-refractivity contribution >= 4 is 17.1 Å². The molecule has 1 saturated heterocycles. The topological polar surface area (TPSA) is 108 Å². The molecule has 2 N–H and O–H groups in total. The van der Waals surface area contributed by atoms with Gasteiger partial charge < -0.3 is 10.3 Å². The predicted octanol–water partition coefficient (Wildman–Crippen LogP) is -0.849. The minimum absolute atomic E-state index is 0.136.